The largest absolute Gasteiger partial charge is 0.461 e. The van der Waals surface area contributed by atoms with Crippen molar-refractivity contribution in [3.8, 4) is 0 Å². The van der Waals surface area contributed by atoms with Gasteiger partial charge in [0, 0.05) is 25.1 Å². The lowest BCUT2D eigenvalue weighted by atomic mass is 10.2. The first kappa shape index (κ1) is 16.4. The maximum atomic E-state index is 11.6. The van der Waals surface area contributed by atoms with Crippen molar-refractivity contribution >= 4 is 23.6 Å². The van der Waals surface area contributed by atoms with E-state index in [0.717, 1.165) is 4.90 Å². The van der Waals surface area contributed by atoms with E-state index >= 15 is 0 Å². The van der Waals surface area contributed by atoms with Crippen LogP contribution in [0, 0.1) is 10.1 Å². The molecule has 23 heavy (non-hydrogen) atoms. The number of esters is 1. The van der Waals surface area contributed by atoms with Crippen molar-refractivity contribution in [2.45, 2.75) is 19.4 Å². The zero-order valence-electron chi connectivity index (χ0n) is 12.2. The first-order valence-corrected chi connectivity index (χ1v) is 6.94. The van der Waals surface area contributed by atoms with Crippen LogP contribution in [0.25, 0.3) is 0 Å². The predicted octanol–water partition coefficient (Wildman–Crippen LogP) is 0.970. The maximum absolute atomic E-state index is 11.6. The Morgan fingerprint density at radius 3 is 2.83 bits per heavy atom. The second-order valence-electron chi connectivity index (χ2n) is 4.90. The van der Waals surface area contributed by atoms with Crippen LogP contribution < -0.4 is 5.32 Å². The number of benzene rings is 1. The van der Waals surface area contributed by atoms with E-state index in [1.165, 1.54) is 18.2 Å². The van der Waals surface area contributed by atoms with E-state index in [2.05, 4.69) is 5.32 Å². The Morgan fingerprint density at radius 2 is 2.17 bits per heavy atom. The van der Waals surface area contributed by atoms with Crippen molar-refractivity contribution in [2.24, 2.45) is 0 Å². The molecule has 0 atom stereocenters. The molecule has 1 heterocycles. The fourth-order valence-electron chi connectivity index (χ4n) is 2.06. The number of non-ortho nitro benzene ring substituents is 1. The molecule has 0 aromatic heterocycles. The summed E-state index contributed by atoms with van der Waals surface area (Å²) in [4.78, 5) is 45.4. The highest BCUT2D eigenvalue weighted by molar-refractivity contribution is 6.01. The highest BCUT2D eigenvalue weighted by Gasteiger charge is 2.27. The quantitative estimate of drug-likeness (QED) is 0.346. The number of urea groups is 1. The second-order valence-corrected chi connectivity index (χ2v) is 4.90. The molecule has 1 aromatic carbocycles. The van der Waals surface area contributed by atoms with Gasteiger partial charge in [-0.2, -0.15) is 0 Å². The number of carbonyl (C=O) groups is 3. The van der Waals surface area contributed by atoms with Crippen molar-refractivity contribution in [1.82, 2.24) is 10.2 Å². The highest BCUT2D eigenvalue weighted by atomic mass is 16.6. The highest BCUT2D eigenvalue weighted by Crippen LogP contribution is 2.14. The molecule has 0 bridgehead atoms. The van der Waals surface area contributed by atoms with Crippen LogP contribution in [0.1, 0.15) is 18.4 Å². The monoisotopic (exact) mass is 321 g/mol. The van der Waals surface area contributed by atoms with Gasteiger partial charge in [-0.15, -0.1) is 0 Å². The van der Waals surface area contributed by atoms with E-state index in [9.17, 15) is 24.5 Å². The van der Waals surface area contributed by atoms with Gasteiger partial charge in [0.1, 0.15) is 6.61 Å². The van der Waals surface area contributed by atoms with Gasteiger partial charge in [0.05, 0.1) is 11.5 Å². The van der Waals surface area contributed by atoms with Gasteiger partial charge < -0.3 is 10.1 Å². The molecule has 0 saturated carbocycles. The average molecular weight is 321 g/mol. The van der Waals surface area contributed by atoms with Gasteiger partial charge in [-0.05, 0) is 12.0 Å². The summed E-state index contributed by atoms with van der Waals surface area (Å²) >= 11 is 0. The minimum Gasteiger partial charge on any atom is -0.461 e. The number of hydrogen-bond acceptors (Lipinski definition) is 6. The number of nitro benzene ring substituents is 1. The van der Waals surface area contributed by atoms with Crippen molar-refractivity contribution in [3.63, 3.8) is 0 Å². The van der Waals surface area contributed by atoms with Crippen LogP contribution in [0.5, 0.6) is 0 Å². The molecule has 0 aliphatic carbocycles. The number of nitrogens with one attached hydrogen (secondary N) is 1. The summed E-state index contributed by atoms with van der Waals surface area (Å²) in [6, 6.07) is 5.36. The van der Waals surface area contributed by atoms with Gasteiger partial charge in [0.15, 0.2) is 0 Å². The molecular formula is C14H15N3O6. The summed E-state index contributed by atoms with van der Waals surface area (Å²) in [6.07, 6.45) is 0.346. The number of nitrogens with zero attached hydrogens (tertiary/aromatic N) is 2. The molecule has 1 saturated heterocycles. The van der Waals surface area contributed by atoms with Crippen LogP contribution >= 0.6 is 0 Å². The number of amides is 3. The first-order valence-electron chi connectivity index (χ1n) is 6.94. The number of nitro groups is 1. The Hall–Kier alpha value is -2.97. The first-order chi connectivity index (χ1) is 11.0. The minimum absolute atomic E-state index is 0.0178. The van der Waals surface area contributed by atoms with E-state index in [1.54, 1.807) is 6.07 Å². The zero-order valence-corrected chi connectivity index (χ0v) is 12.2. The van der Waals surface area contributed by atoms with Crippen LogP contribution in [-0.4, -0.2) is 40.8 Å². The fourth-order valence-corrected chi connectivity index (χ4v) is 2.06. The second kappa shape index (κ2) is 7.34. The molecule has 9 heteroatoms. The third-order valence-electron chi connectivity index (χ3n) is 3.22. The van der Waals surface area contributed by atoms with Crippen LogP contribution in [0.4, 0.5) is 10.5 Å². The van der Waals surface area contributed by atoms with Crippen molar-refractivity contribution in [3.05, 3.63) is 39.9 Å². The number of ether oxygens (including phenoxy) is 1. The molecule has 9 nitrogen and oxygen atoms in total. The number of carbonyl (C=O) groups excluding carboxylic acids is 3. The number of imide groups is 1. The predicted molar refractivity (Wildman–Crippen MR) is 77.2 cm³/mol. The molecule has 1 N–H and O–H groups in total. The van der Waals surface area contributed by atoms with Crippen LogP contribution in [0.3, 0.4) is 0 Å². The smallest absolute Gasteiger partial charge is 0.324 e. The number of hydrogen-bond donors (Lipinski definition) is 1. The lowest BCUT2D eigenvalue weighted by Crippen LogP contribution is -2.32. The maximum Gasteiger partial charge on any atom is 0.324 e. The molecule has 122 valence electrons. The van der Waals surface area contributed by atoms with Crippen LogP contribution in [0.2, 0.25) is 0 Å². The van der Waals surface area contributed by atoms with Crippen molar-refractivity contribution < 1.29 is 24.0 Å². The van der Waals surface area contributed by atoms with E-state index in [1.807, 2.05) is 0 Å². The average Bonchev–Trinajstić information content (AvgIpc) is 2.85. The molecule has 0 spiro atoms. The third-order valence-corrected chi connectivity index (χ3v) is 3.22. The molecule has 1 aliphatic rings. The summed E-state index contributed by atoms with van der Waals surface area (Å²) in [6.45, 7) is 0.0658. The van der Waals surface area contributed by atoms with Gasteiger partial charge in [0.25, 0.3) is 5.69 Å². The summed E-state index contributed by atoms with van der Waals surface area (Å²) < 4.78 is 5.02. The number of rotatable bonds is 7. The van der Waals surface area contributed by atoms with Crippen LogP contribution in [0.15, 0.2) is 24.3 Å². The van der Waals surface area contributed by atoms with Gasteiger partial charge in [-0.1, -0.05) is 12.1 Å². The molecule has 2 rings (SSSR count). The van der Waals surface area contributed by atoms with Gasteiger partial charge >= 0.3 is 12.0 Å². The van der Waals surface area contributed by atoms with Gasteiger partial charge in [0.2, 0.25) is 5.91 Å². The van der Waals surface area contributed by atoms with Gasteiger partial charge in [-0.25, -0.2) is 4.79 Å². The molecule has 0 radical (unpaired) electrons. The van der Waals surface area contributed by atoms with E-state index < -0.39 is 16.9 Å². The topological polar surface area (TPSA) is 119 Å². The normalized spacial score (nSPS) is 13.8. The Labute approximate surface area is 131 Å². The molecule has 1 fully saturated rings. The summed E-state index contributed by atoms with van der Waals surface area (Å²) in [5.74, 6) is -0.816. The SMILES string of the molecule is O=C(CCCN1C(=O)CNC1=O)OCc1cccc([N+](=O)[O-])c1. The third kappa shape index (κ3) is 4.50. The Balaban J connectivity index is 1.73. The lowest BCUT2D eigenvalue weighted by Gasteiger charge is -2.11. The molecule has 0 unspecified atom stereocenters. The minimum atomic E-state index is -0.524. The Morgan fingerprint density at radius 1 is 1.39 bits per heavy atom. The Kier molecular flexibility index (Phi) is 5.23. The zero-order chi connectivity index (χ0) is 16.8. The van der Waals surface area contributed by atoms with Gasteiger partial charge in [-0.3, -0.25) is 24.6 Å². The summed E-state index contributed by atoms with van der Waals surface area (Å²) in [5.41, 5.74) is 0.443. The summed E-state index contributed by atoms with van der Waals surface area (Å²) in [5, 5.41) is 13.0. The van der Waals surface area contributed by atoms with Crippen LogP contribution in [-0.2, 0) is 20.9 Å². The Bertz CT molecular complexity index is 629. The molecule has 1 aromatic rings. The van der Waals surface area contributed by atoms with E-state index in [0.29, 0.717) is 12.0 Å². The molecule has 1 aliphatic heterocycles. The fraction of sp³-hybridized carbons (Fsp3) is 0.357. The summed E-state index contributed by atoms with van der Waals surface area (Å²) in [7, 11) is 0. The standard InChI is InChI=1S/C14H15N3O6/c18-12-8-15-14(20)16(12)6-2-5-13(19)23-9-10-3-1-4-11(7-10)17(21)22/h1,3-4,7H,2,5-6,8-9H2,(H,15,20). The molecule has 3 amide bonds. The molecular weight excluding hydrogens is 306 g/mol. The van der Waals surface area contributed by atoms with E-state index in [4.69, 9.17) is 4.74 Å². The lowest BCUT2D eigenvalue weighted by molar-refractivity contribution is -0.384. The van der Waals surface area contributed by atoms with Crippen molar-refractivity contribution in [1.29, 1.82) is 0 Å². The van der Waals surface area contributed by atoms with Crippen molar-refractivity contribution in [2.75, 3.05) is 13.1 Å². The van der Waals surface area contributed by atoms with E-state index in [-0.39, 0.29) is 37.7 Å².